The molecule has 0 radical (unpaired) electrons. The van der Waals surface area contributed by atoms with Crippen molar-refractivity contribution in [2.24, 2.45) is 0 Å². The summed E-state index contributed by atoms with van der Waals surface area (Å²) >= 11 is 0. The van der Waals surface area contributed by atoms with Crippen molar-refractivity contribution in [3.63, 3.8) is 0 Å². The van der Waals surface area contributed by atoms with Crippen LogP contribution in [0.15, 0.2) is 48.7 Å². The third kappa shape index (κ3) is 4.27. The molecule has 0 fully saturated rings. The molecule has 1 heterocycles. The Kier molecular flexibility index (Phi) is 5.63. The van der Waals surface area contributed by atoms with Crippen molar-refractivity contribution in [1.29, 1.82) is 0 Å². The molecule has 0 saturated carbocycles. The van der Waals surface area contributed by atoms with Crippen molar-refractivity contribution in [2.75, 3.05) is 17.7 Å². The van der Waals surface area contributed by atoms with E-state index in [1.807, 2.05) is 24.3 Å². The van der Waals surface area contributed by atoms with Crippen molar-refractivity contribution in [3.05, 3.63) is 65.4 Å². The number of nitrogens with zero attached hydrogens (tertiary/aromatic N) is 3. The van der Waals surface area contributed by atoms with Crippen LogP contribution in [0.4, 0.5) is 17.5 Å². The predicted octanol–water partition coefficient (Wildman–Crippen LogP) is 4.11. The quantitative estimate of drug-likeness (QED) is 0.669. The van der Waals surface area contributed by atoms with Crippen LogP contribution in [0.2, 0.25) is 0 Å². The van der Waals surface area contributed by atoms with E-state index in [-0.39, 0.29) is 0 Å². The number of benzene rings is 2. The Morgan fingerprint density at radius 3 is 2.62 bits per heavy atom. The van der Waals surface area contributed by atoms with E-state index in [0.717, 1.165) is 29.0 Å². The Balaban J connectivity index is 1.70. The average molecular weight is 349 g/mol. The average Bonchev–Trinajstić information content (AvgIpc) is 2.68. The SMILES string of the molecule is CCc1cccc(C)c1Nc1nncc(NCc2ccc(OC)cc2)n1. The first-order valence-electron chi connectivity index (χ1n) is 8.61. The zero-order valence-corrected chi connectivity index (χ0v) is 15.3. The lowest BCUT2D eigenvalue weighted by molar-refractivity contribution is 0.414. The number of aryl methyl sites for hydroxylation is 2. The highest BCUT2D eigenvalue weighted by atomic mass is 16.5. The highest BCUT2D eigenvalue weighted by Crippen LogP contribution is 2.24. The van der Waals surface area contributed by atoms with Gasteiger partial charge in [0, 0.05) is 12.2 Å². The number of hydrogen-bond donors (Lipinski definition) is 2. The first-order valence-corrected chi connectivity index (χ1v) is 8.61. The molecule has 2 N–H and O–H groups in total. The van der Waals surface area contributed by atoms with E-state index in [1.54, 1.807) is 13.3 Å². The van der Waals surface area contributed by atoms with E-state index < -0.39 is 0 Å². The van der Waals surface area contributed by atoms with E-state index in [0.29, 0.717) is 18.3 Å². The molecule has 6 heteroatoms. The molecule has 0 spiro atoms. The maximum Gasteiger partial charge on any atom is 0.249 e. The van der Waals surface area contributed by atoms with Gasteiger partial charge in [0.1, 0.15) is 5.75 Å². The molecule has 0 amide bonds. The lowest BCUT2D eigenvalue weighted by Crippen LogP contribution is -2.07. The van der Waals surface area contributed by atoms with Gasteiger partial charge in [-0.2, -0.15) is 10.1 Å². The lowest BCUT2D eigenvalue weighted by Gasteiger charge is -2.13. The van der Waals surface area contributed by atoms with E-state index in [9.17, 15) is 0 Å². The zero-order valence-electron chi connectivity index (χ0n) is 15.3. The molecule has 1 aromatic heterocycles. The molecule has 0 atom stereocenters. The van der Waals surface area contributed by atoms with Crippen LogP contribution in [0.25, 0.3) is 0 Å². The molecule has 0 saturated heterocycles. The number of nitrogens with one attached hydrogen (secondary N) is 2. The van der Waals surface area contributed by atoms with Crippen molar-refractivity contribution >= 4 is 17.5 Å². The molecule has 26 heavy (non-hydrogen) atoms. The van der Waals surface area contributed by atoms with Gasteiger partial charge < -0.3 is 15.4 Å². The molecular weight excluding hydrogens is 326 g/mol. The van der Waals surface area contributed by atoms with Crippen LogP contribution in [0.3, 0.4) is 0 Å². The van der Waals surface area contributed by atoms with Crippen LogP contribution in [0, 0.1) is 6.92 Å². The number of aromatic nitrogens is 3. The van der Waals surface area contributed by atoms with E-state index in [2.05, 4.69) is 57.9 Å². The van der Waals surface area contributed by atoms with Gasteiger partial charge in [0.25, 0.3) is 0 Å². The Morgan fingerprint density at radius 2 is 1.88 bits per heavy atom. The van der Waals surface area contributed by atoms with Crippen LogP contribution in [0.1, 0.15) is 23.6 Å². The van der Waals surface area contributed by atoms with Crippen molar-refractivity contribution in [1.82, 2.24) is 15.2 Å². The van der Waals surface area contributed by atoms with Gasteiger partial charge in [-0.3, -0.25) is 0 Å². The van der Waals surface area contributed by atoms with Gasteiger partial charge >= 0.3 is 0 Å². The first kappa shape index (κ1) is 17.7. The number of ether oxygens (including phenoxy) is 1. The van der Waals surface area contributed by atoms with Crippen LogP contribution in [-0.2, 0) is 13.0 Å². The van der Waals surface area contributed by atoms with Gasteiger partial charge in [-0.1, -0.05) is 37.3 Å². The Morgan fingerprint density at radius 1 is 1.08 bits per heavy atom. The number of hydrogen-bond acceptors (Lipinski definition) is 6. The van der Waals surface area contributed by atoms with Crippen LogP contribution >= 0.6 is 0 Å². The third-order valence-corrected chi connectivity index (χ3v) is 4.17. The molecular formula is C20H23N5O. The summed E-state index contributed by atoms with van der Waals surface area (Å²) in [6.07, 6.45) is 2.56. The standard InChI is InChI=1S/C20H23N5O/c1-4-16-7-5-6-14(2)19(16)24-20-23-18(13-22-25-20)21-12-15-8-10-17(26-3)11-9-15/h5-11,13H,4,12H2,1-3H3,(H2,21,23,24,25). The third-order valence-electron chi connectivity index (χ3n) is 4.17. The fraction of sp³-hybridized carbons (Fsp3) is 0.250. The second-order valence-corrected chi connectivity index (χ2v) is 5.95. The Bertz CT molecular complexity index is 864. The normalized spacial score (nSPS) is 10.4. The van der Waals surface area contributed by atoms with Crippen LogP contribution in [0.5, 0.6) is 5.75 Å². The molecule has 6 nitrogen and oxygen atoms in total. The van der Waals surface area contributed by atoms with Crippen molar-refractivity contribution in [3.8, 4) is 5.75 Å². The van der Waals surface area contributed by atoms with Gasteiger partial charge in [0.05, 0.1) is 13.3 Å². The summed E-state index contributed by atoms with van der Waals surface area (Å²) in [5, 5.41) is 14.7. The van der Waals surface area contributed by atoms with E-state index in [1.165, 1.54) is 5.56 Å². The van der Waals surface area contributed by atoms with Gasteiger partial charge in [-0.25, -0.2) is 0 Å². The summed E-state index contributed by atoms with van der Waals surface area (Å²) < 4.78 is 5.17. The predicted molar refractivity (Wildman–Crippen MR) is 104 cm³/mol. The van der Waals surface area contributed by atoms with E-state index >= 15 is 0 Å². The molecule has 3 rings (SSSR count). The number of anilines is 3. The number of methoxy groups -OCH3 is 1. The molecule has 3 aromatic rings. The summed E-state index contributed by atoms with van der Waals surface area (Å²) in [6, 6.07) is 14.1. The molecule has 134 valence electrons. The van der Waals surface area contributed by atoms with Gasteiger partial charge in [0.2, 0.25) is 5.95 Å². The largest absolute Gasteiger partial charge is 0.497 e. The van der Waals surface area contributed by atoms with Gasteiger partial charge in [-0.05, 0) is 42.2 Å². The summed E-state index contributed by atoms with van der Waals surface area (Å²) in [5.41, 5.74) is 4.56. The Hall–Kier alpha value is -3.15. The van der Waals surface area contributed by atoms with Crippen LogP contribution < -0.4 is 15.4 Å². The van der Waals surface area contributed by atoms with Gasteiger partial charge in [0.15, 0.2) is 5.82 Å². The summed E-state index contributed by atoms with van der Waals surface area (Å²) in [5.74, 6) is 1.99. The Labute approximate surface area is 153 Å². The molecule has 0 aliphatic rings. The monoisotopic (exact) mass is 349 g/mol. The topological polar surface area (TPSA) is 72.0 Å². The molecule has 0 aliphatic carbocycles. The summed E-state index contributed by atoms with van der Waals surface area (Å²) in [6.45, 7) is 4.85. The maximum absolute atomic E-state index is 5.17. The molecule has 0 bridgehead atoms. The fourth-order valence-corrected chi connectivity index (χ4v) is 2.69. The van der Waals surface area contributed by atoms with Crippen molar-refractivity contribution in [2.45, 2.75) is 26.8 Å². The number of para-hydroxylation sites is 1. The zero-order chi connectivity index (χ0) is 18.4. The smallest absolute Gasteiger partial charge is 0.249 e. The summed E-state index contributed by atoms with van der Waals surface area (Å²) in [4.78, 5) is 4.51. The first-order chi connectivity index (χ1) is 12.7. The second kappa shape index (κ2) is 8.29. The molecule has 0 unspecified atom stereocenters. The maximum atomic E-state index is 5.17. The van der Waals surface area contributed by atoms with Crippen molar-refractivity contribution < 1.29 is 4.74 Å². The fourth-order valence-electron chi connectivity index (χ4n) is 2.69. The molecule has 0 aliphatic heterocycles. The minimum absolute atomic E-state index is 0.480. The molecule has 2 aromatic carbocycles. The number of rotatable bonds is 7. The summed E-state index contributed by atoms with van der Waals surface area (Å²) in [7, 11) is 1.66. The highest BCUT2D eigenvalue weighted by molar-refractivity contribution is 5.63. The minimum Gasteiger partial charge on any atom is -0.497 e. The van der Waals surface area contributed by atoms with Gasteiger partial charge in [-0.15, -0.1) is 5.10 Å². The lowest BCUT2D eigenvalue weighted by atomic mass is 10.1. The van der Waals surface area contributed by atoms with E-state index in [4.69, 9.17) is 4.74 Å². The highest BCUT2D eigenvalue weighted by Gasteiger charge is 2.07. The second-order valence-electron chi connectivity index (χ2n) is 5.95. The minimum atomic E-state index is 0.480. The van der Waals surface area contributed by atoms with Crippen LogP contribution in [-0.4, -0.2) is 22.3 Å².